The summed E-state index contributed by atoms with van der Waals surface area (Å²) in [5.41, 5.74) is 3.13. The van der Waals surface area contributed by atoms with Crippen LogP contribution in [0.15, 0.2) is 57.7 Å². The van der Waals surface area contributed by atoms with E-state index in [9.17, 15) is 19.8 Å². The lowest BCUT2D eigenvalue weighted by molar-refractivity contribution is -0.132. The summed E-state index contributed by atoms with van der Waals surface area (Å²) in [6.07, 6.45) is 0.633. The minimum atomic E-state index is -0.816. The molecule has 0 radical (unpaired) electrons. The predicted molar refractivity (Wildman–Crippen MR) is 134 cm³/mol. The lowest BCUT2D eigenvalue weighted by Gasteiger charge is -2.29. The minimum absolute atomic E-state index is 0.0226. The molecule has 1 aliphatic heterocycles. The zero-order valence-electron chi connectivity index (χ0n) is 19.6. The highest BCUT2D eigenvalue weighted by Gasteiger charge is 2.30. The molecule has 0 saturated heterocycles. The Morgan fingerprint density at radius 2 is 2.03 bits per heavy atom. The highest BCUT2D eigenvalue weighted by molar-refractivity contribution is 6.32. The number of nitrogens with one attached hydrogen (secondary N) is 1. The predicted octanol–water partition coefficient (Wildman–Crippen LogP) is 4.44. The molecule has 36 heavy (non-hydrogen) atoms. The first-order valence-electron chi connectivity index (χ1n) is 11.5. The Balaban J connectivity index is 1.49. The van der Waals surface area contributed by atoms with Gasteiger partial charge in [0.25, 0.3) is 0 Å². The Kier molecular flexibility index (Phi) is 6.47. The van der Waals surface area contributed by atoms with Crippen LogP contribution in [0, 0.1) is 0 Å². The lowest BCUT2D eigenvalue weighted by Crippen LogP contribution is -2.36. The molecule has 1 amide bonds. The van der Waals surface area contributed by atoms with Crippen molar-refractivity contribution in [1.29, 1.82) is 0 Å². The van der Waals surface area contributed by atoms with E-state index in [2.05, 4.69) is 11.1 Å². The number of rotatable bonds is 6. The molecule has 186 valence electrons. The fourth-order valence-corrected chi connectivity index (χ4v) is 5.01. The highest BCUT2D eigenvalue weighted by atomic mass is 35.5. The Bertz CT molecular complexity index is 1510. The number of phenols is 1. The maximum absolute atomic E-state index is 13.5. The van der Waals surface area contributed by atoms with Crippen LogP contribution in [-0.2, 0) is 29.1 Å². The smallest absolute Gasteiger partial charge is 0.227 e. The summed E-state index contributed by atoms with van der Waals surface area (Å²) in [6, 6.07) is 13.7. The number of aromatic amines is 1. The summed E-state index contributed by atoms with van der Waals surface area (Å²) < 4.78 is 10.9. The van der Waals surface area contributed by atoms with Crippen LogP contribution in [-0.4, -0.2) is 39.7 Å². The summed E-state index contributed by atoms with van der Waals surface area (Å²) in [6.45, 7) is 0.983. The molecule has 0 spiro atoms. The number of benzene rings is 2. The summed E-state index contributed by atoms with van der Waals surface area (Å²) in [5, 5.41) is 21.8. The van der Waals surface area contributed by atoms with Gasteiger partial charge in [-0.15, -0.1) is 0 Å². The summed E-state index contributed by atoms with van der Waals surface area (Å²) in [5.74, 6) is -1.51. The van der Waals surface area contributed by atoms with Crippen LogP contribution in [0.5, 0.6) is 11.5 Å². The third-order valence-corrected chi connectivity index (χ3v) is 6.89. The van der Waals surface area contributed by atoms with Crippen molar-refractivity contribution in [2.45, 2.75) is 31.9 Å². The average molecular weight is 509 g/mol. The molecule has 0 fully saturated rings. The monoisotopic (exact) mass is 508 g/mol. The number of carbonyl (C=O) groups is 1. The van der Waals surface area contributed by atoms with Gasteiger partial charge in [-0.3, -0.25) is 9.59 Å². The number of carbonyl (C=O) groups excluding carboxylic acids is 1. The Labute approximate surface area is 211 Å². The maximum Gasteiger partial charge on any atom is 0.227 e. The van der Waals surface area contributed by atoms with Gasteiger partial charge >= 0.3 is 0 Å². The minimum Gasteiger partial charge on any atom is -0.506 e. The molecule has 1 aliphatic rings. The van der Waals surface area contributed by atoms with Crippen molar-refractivity contribution >= 4 is 28.4 Å². The van der Waals surface area contributed by atoms with Crippen molar-refractivity contribution in [2.24, 2.45) is 0 Å². The number of hydrogen-bond acceptors (Lipinski definition) is 6. The first-order chi connectivity index (χ1) is 17.4. The highest BCUT2D eigenvalue weighted by Crippen LogP contribution is 2.37. The molecule has 3 N–H and O–H groups in total. The van der Waals surface area contributed by atoms with E-state index in [-0.39, 0.29) is 41.2 Å². The topological polar surface area (TPSA) is 116 Å². The first-order valence-corrected chi connectivity index (χ1v) is 11.9. The van der Waals surface area contributed by atoms with Gasteiger partial charge in [-0.2, -0.15) is 0 Å². The summed E-state index contributed by atoms with van der Waals surface area (Å²) in [4.78, 5) is 31.2. The van der Waals surface area contributed by atoms with Crippen molar-refractivity contribution in [3.05, 3.63) is 92.1 Å². The van der Waals surface area contributed by atoms with Gasteiger partial charge in [0, 0.05) is 42.7 Å². The second kappa shape index (κ2) is 9.72. The second-order valence-corrected chi connectivity index (χ2v) is 9.29. The van der Waals surface area contributed by atoms with Crippen LogP contribution < -0.4 is 5.43 Å². The van der Waals surface area contributed by atoms with Gasteiger partial charge in [0.05, 0.1) is 17.5 Å². The third-order valence-electron chi connectivity index (χ3n) is 6.59. The largest absolute Gasteiger partial charge is 0.506 e. The molecule has 0 unspecified atom stereocenters. The lowest BCUT2D eigenvalue weighted by atomic mass is 9.91. The number of nitrogens with zero attached hydrogens (tertiary/aromatic N) is 1. The Hall–Kier alpha value is -3.75. The van der Waals surface area contributed by atoms with Crippen LogP contribution in [0.3, 0.4) is 0 Å². The van der Waals surface area contributed by atoms with Gasteiger partial charge in [-0.25, -0.2) is 0 Å². The van der Waals surface area contributed by atoms with Crippen molar-refractivity contribution in [3.63, 3.8) is 0 Å². The van der Waals surface area contributed by atoms with Crippen LogP contribution in [0.1, 0.15) is 40.7 Å². The molecule has 8 nitrogen and oxygen atoms in total. The van der Waals surface area contributed by atoms with Crippen molar-refractivity contribution < 1.29 is 24.2 Å². The van der Waals surface area contributed by atoms with E-state index < -0.39 is 17.1 Å². The van der Waals surface area contributed by atoms with Crippen LogP contribution in [0.25, 0.3) is 10.9 Å². The second-order valence-electron chi connectivity index (χ2n) is 8.88. The number of hydrogen-bond donors (Lipinski definition) is 3. The molecule has 4 aromatic rings. The van der Waals surface area contributed by atoms with Gasteiger partial charge in [0.2, 0.25) is 17.1 Å². The number of halogens is 1. The number of aromatic hydroxyl groups is 2. The van der Waals surface area contributed by atoms with E-state index in [1.54, 1.807) is 11.0 Å². The molecule has 2 aromatic heterocycles. The molecule has 0 bridgehead atoms. The molecular formula is C27H25ClN2O6. The van der Waals surface area contributed by atoms with Gasteiger partial charge in [0.1, 0.15) is 18.1 Å². The van der Waals surface area contributed by atoms with Gasteiger partial charge in [0.15, 0.2) is 5.76 Å². The van der Waals surface area contributed by atoms with E-state index in [1.165, 1.54) is 24.8 Å². The maximum atomic E-state index is 13.5. The molecule has 5 rings (SSSR count). The summed E-state index contributed by atoms with van der Waals surface area (Å²) in [7, 11) is 1.46. The number of para-hydroxylation sites is 1. The van der Waals surface area contributed by atoms with Crippen LogP contribution >= 0.6 is 11.6 Å². The molecule has 9 heteroatoms. The van der Waals surface area contributed by atoms with E-state index >= 15 is 0 Å². The SMILES string of the molecule is COCc1cc(=O)c(O)c([C@H](CC(=O)N2CCc3c([nH]c4ccccc34)C2)c2ccc(O)c(Cl)c2)o1. The normalized spacial score (nSPS) is 14.1. The number of methoxy groups -OCH3 is 1. The number of phenolic OH excluding ortho intramolecular Hbond substituents is 1. The van der Waals surface area contributed by atoms with Crippen LogP contribution in [0.2, 0.25) is 5.02 Å². The molecular weight excluding hydrogens is 484 g/mol. The summed E-state index contributed by atoms with van der Waals surface area (Å²) >= 11 is 6.15. The van der Waals surface area contributed by atoms with E-state index in [0.717, 1.165) is 22.7 Å². The number of fused-ring (bicyclic) bond motifs is 3. The third kappa shape index (κ3) is 4.45. The van der Waals surface area contributed by atoms with E-state index in [1.807, 2.05) is 18.2 Å². The zero-order chi connectivity index (χ0) is 25.4. The standard InChI is InChI=1S/C27H25ClN2O6/c1-35-14-16-11-24(32)26(34)27(36-16)19(15-6-7-23(31)20(28)10-15)12-25(33)30-9-8-18-17-4-2-3-5-21(17)29-22(18)13-30/h2-7,10-11,19,29,31,34H,8-9,12-14H2,1H3/t19-/m1/s1. The van der Waals surface area contributed by atoms with Crippen molar-refractivity contribution in [1.82, 2.24) is 9.88 Å². The number of H-pyrrole nitrogens is 1. The molecule has 2 aromatic carbocycles. The van der Waals surface area contributed by atoms with Crippen molar-refractivity contribution in [2.75, 3.05) is 13.7 Å². The van der Waals surface area contributed by atoms with Gasteiger partial charge in [-0.1, -0.05) is 35.9 Å². The number of aromatic nitrogens is 1. The Morgan fingerprint density at radius 1 is 1.22 bits per heavy atom. The fraction of sp³-hybridized carbons (Fsp3) is 0.259. The number of ether oxygens (including phenoxy) is 1. The molecule has 1 atom stereocenters. The van der Waals surface area contributed by atoms with Crippen LogP contribution in [0.4, 0.5) is 0 Å². The fourth-order valence-electron chi connectivity index (χ4n) is 4.82. The van der Waals surface area contributed by atoms with Gasteiger partial charge < -0.3 is 29.3 Å². The first kappa shape index (κ1) is 24.0. The quantitative estimate of drug-likeness (QED) is 0.354. The van der Waals surface area contributed by atoms with Crippen molar-refractivity contribution in [3.8, 4) is 11.5 Å². The molecule has 3 heterocycles. The number of amides is 1. The van der Waals surface area contributed by atoms with E-state index in [4.69, 9.17) is 20.8 Å². The van der Waals surface area contributed by atoms with E-state index in [0.29, 0.717) is 25.1 Å². The molecule has 0 aliphatic carbocycles. The zero-order valence-corrected chi connectivity index (χ0v) is 20.3. The Morgan fingerprint density at radius 3 is 2.81 bits per heavy atom. The average Bonchev–Trinajstić information content (AvgIpc) is 3.24. The van der Waals surface area contributed by atoms with Gasteiger partial charge in [-0.05, 0) is 35.7 Å². The molecule has 0 saturated carbocycles.